The van der Waals surface area contributed by atoms with Crippen LogP contribution in [0.3, 0.4) is 0 Å². The number of furan rings is 1. The summed E-state index contributed by atoms with van der Waals surface area (Å²) in [6.07, 6.45) is 0. The van der Waals surface area contributed by atoms with Gasteiger partial charge in [-0.2, -0.15) is 0 Å². The third kappa shape index (κ3) is 13.1. The molecule has 8 heteroatoms. The van der Waals surface area contributed by atoms with E-state index in [1.54, 1.807) is 0 Å². The molecule has 0 aliphatic rings. The highest BCUT2D eigenvalue weighted by Crippen LogP contribution is 2.44. The van der Waals surface area contributed by atoms with E-state index in [0.717, 1.165) is 35.4 Å². The molecule has 548 valence electrons. The van der Waals surface area contributed by atoms with Crippen LogP contribution in [0, 0.1) is 0 Å². The monoisotopic (exact) mass is 1690 g/mol. The molecule has 0 aliphatic carbocycles. The predicted octanol–water partition coefficient (Wildman–Crippen LogP) is 32.6. The van der Waals surface area contributed by atoms with Crippen LogP contribution in [0.25, 0.3) is 202 Å². The molecule has 0 N–H and O–H groups in total. The second-order valence-electron chi connectivity index (χ2n) is 29.5. The number of aromatic nitrogens is 3. The van der Waals surface area contributed by atoms with Gasteiger partial charge in [-0.3, -0.25) is 0 Å². The minimum absolute atomic E-state index is 0.905. The van der Waals surface area contributed by atoms with Crippen molar-refractivity contribution in [2.75, 3.05) is 0 Å². The number of halogens is 3. The Morgan fingerprint density at radius 1 is 0.172 bits per heavy atom. The summed E-state index contributed by atoms with van der Waals surface area (Å²) in [6, 6.07) is 148. The van der Waals surface area contributed by atoms with Gasteiger partial charge in [0.25, 0.3) is 0 Å². The highest BCUT2D eigenvalue weighted by atomic mass is 79.9. The van der Waals surface area contributed by atoms with Crippen molar-refractivity contribution in [1.29, 1.82) is 0 Å². The molecule has 0 spiro atoms. The van der Waals surface area contributed by atoms with Crippen molar-refractivity contribution >= 4 is 167 Å². The number of nitrogens with zero attached hydrogens (tertiary/aromatic N) is 3. The van der Waals surface area contributed by atoms with E-state index >= 15 is 0 Å². The number of rotatable bonds is 10. The maximum atomic E-state index is 6.08. The highest BCUT2D eigenvalue weighted by Gasteiger charge is 2.20. The summed E-state index contributed by atoms with van der Waals surface area (Å²) < 4.78 is 19.1. The molecule has 0 bridgehead atoms. The molecule has 0 aliphatic heterocycles. The molecule has 18 aromatic carbocycles. The number of thiophene rings is 1. The molecule has 4 nitrogen and oxygen atoms in total. The molecular weight excluding hydrogens is 1630 g/mol. The van der Waals surface area contributed by atoms with E-state index < -0.39 is 0 Å². The summed E-state index contributed by atoms with van der Waals surface area (Å²) >= 11 is 12.7. The second-order valence-corrected chi connectivity index (χ2v) is 33.3. The Kier molecular flexibility index (Phi) is 18.3. The maximum Gasteiger partial charge on any atom is 0.135 e. The van der Waals surface area contributed by atoms with Crippen LogP contribution < -0.4 is 0 Å². The van der Waals surface area contributed by atoms with Gasteiger partial charge in [-0.25, -0.2) is 0 Å². The molecule has 0 unspecified atom stereocenters. The lowest BCUT2D eigenvalue weighted by Crippen LogP contribution is -1.94. The van der Waals surface area contributed by atoms with E-state index in [1.165, 1.54) is 181 Å². The van der Waals surface area contributed by atoms with Gasteiger partial charge in [0, 0.05) is 93.7 Å². The maximum absolute atomic E-state index is 6.08. The molecule has 0 saturated carbocycles. The Hall–Kier alpha value is -13.2. The zero-order valence-electron chi connectivity index (χ0n) is 62.6. The largest absolute Gasteiger partial charge is 0.456 e. The lowest BCUT2D eigenvalue weighted by atomic mass is 9.97. The van der Waals surface area contributed by atoms with Crippen molar-refractivity contribution in [2.45, 2.75) is 0 Å². The van der Waals surface area contributed by atoms with E-state index in [9.17, 15) is 0 Å². The van der Waals surface area contributed by atoms with Crippen LogP contribution in [0.5, 0.6) is 0 Å². The van der Waals surface area contributed by atoms with Crippen LogP contribution in [-0.4, -0.2) is 13.7 Å². The first kappa shape index (κ1) is 70.7. The van der Waals surface area contributed by atoms with Crippen molar-refractivity contribution in [3.63, 3.8) is 0 Å². The zero-order valence-corrected chi connectivity index (χ0v) is 68.1. The SMILES string of the molecule is Brc1ccc(-c2cccc(-c3ccc4c(c3)c3ccccc3n4-c3cccc(-c4ccccc4)c3)c2)cc1.Brc1ccc2oc3ccc(-c4cccc(-c5ccc6c(c5)c5ccccc5n6-c5ccccc5)c4)cc3c2c1.Brc1ccc2sc3ccc(-c4cccc(-c5ccc6c(c5)c5ccccc5n6-c5ccccc5)c4)cc3c2c1. The molecule has 0 amide bonds. The lowest BCUT2D eigenvalue weighted by molar-refractivity contribution is 0.669. The minimum atomic E-state index is 0.905. The van der Waals surface area contributed by atoms with Gasteiger partial charge in [-0.1, -0.05) is 278 Å². The predicted molar refractivity (Wildman–Crippen MR) is 504 cm³/mol. The molecule has 23 rings (SSSR count). The van der Waals surface area contributed by atoms with Crippen molar-refractivity contribution in [1.82, 2.24) is 13.7 Å². The van der Waals surface area contributed by atoms with E-state index in [-0.39, 0.29) is 0 Å². The summed E-state index contributed by atoms with van der Waals surface area (Å²) in [6.45, 7) is 0. The van der Waals surface area contributed by atoms with Crippen LogP contribution in [-0.2, 0) is 0 Å². The van der Waals surface area contributed by atoms with E-state index in [0.29, 0.717) is 0 Å². The Labute approximate surface area is 699 Å². The molecule has 0 atom stereocenters. The number of hydrogen-bond acceptors (Lipinski definition) is 2. The first-order chi connectivity index (χ1) is 57.2. The summed E-state index contributed by atoms with van der Waals surface area (Å²) in [5, 5.41) is 12.5. The molecule has 5 aromatic heterocycles. The smallest absolute Gasteiger partial charge is 0.135 e. The van der Waals surface area contributed by atoms with Gasteiger partial charge in [0.15, 0.2) is 0 Å². The zero-order chi connectivity index (χ0) is 77.3. The average molecular weight is 1700 g/mol. The van der Waals surface area contributed by atoms with E-state index in [1.807, 2.05) is 23.5 Å². The van der Waals surface area contributed by atoms with Gasteiger partial charge in [-0.15, -0.1) is 11.3 Å². The molecule has 23 aromatic rings. The Morgan fingerprint density at radius 2 is 0.448 bits per heavy atom. The van der Waals surface area contributed by atoms with Crippen LogP contribution in [0.2, 0.25) is 0 Å². The fourth-order valence-corrected chi connectivity index (χ4v) is 19.1. The molecule has 0 fully saturated rings. The lowest BCUT2D eigenvalue weighted by Gasteiger charge is -2.11. The van der Waals surface area contributed by atoms with Crippen molar-refractivity contribution in [2.24, 2.45) is 0 Å². The van der Waals surface area contributed by atoms with Gasteiger partial charge in [0.2, 0.25) is 0 Å². The van der Waals surface area contributed by atoms with Gasteiger partial charge < -0.3 is 18.1 Å². The molecule has 0 saturated heterocycles. The topological polar surface area (TPSA) is 27.9 Å². The quantitative estimate of drug-likeness (QED) is 0.134. The van der Waals surface area contributed by atoms with Crippen molar-refractivity contribution < 1.29 is 4.42 Å². The Balaban J connectivity index is 0.000000109. The fraction of sp³-hybridized carbons (Fsp3) is 0. The number of fused-ring (bicyclic) bond motifs is 15. The third-order valence-corrected chi connectivity index (χ3v) is 25.2. The van der Waals surface area contributed by atoms with E-state index in [2.05, 4.69) is 462 Å². The van der Waals surface area contributed by atoms with Gasteiger partial charge in [0.1, 0.15) is 11.2 Å². The number of para-hydroxylation sites is 5. The van der Waals surface area contributed by atoms with Crippen molar-refractivity contribution in [3.8, 4) is 95.0 Å². The normalized spacial score (nSPS) is 11.6. The summed E-state index contributed by atoms with van der Waals surface area (Å²) in [5.74, 6) is 0. The Bertz CT molecular complexity index is 7430. The van der Waals surface area contributed by atoms with Crippen LogP contribution >= 0.6 is 59.1 Å². The molecule has 0 radical (unpaired) electrons. The summed E-state index contributed by atoms with van der Waals surface area (Å²) in [4.78, 5) is 0. The standard InChI is InChI=1S/C36H22BrNO.C36H22BrNS.C36H24BrN/c2*37-27-15-18-36-32(22-27)31-21-26(14-17-35(31)39-36)24-8-6-7-23(19-24)25-13-16-34-30(20-25)29-11-4-5-12-33(29)38(34)28-9-2-1-3-10-28;37-31-19-16-26(17-20-31)27-10-6-11-28(22-27)30-18-21-36-34(24-30)33-14-4-5-15-35(33)38(36)32-13-7-12-29(23-32)25-8-2-1-3-9-25/h2*1-22H;1-24H. The van der Waals surface area contributed by atoms with Crippen LogP contribution in [0.4, 0.5) is 0 Å². The van der Waals surface area contributed by atoms with Gasteiger partial charge in [-0.05, 0) is 260 Å². The highest BCUT2D eigenvalue weighted by molar-refractivity contribution is 9.11. The van der Waals surface area contributed by atoms with Crippen LogP contribution in [0.1, 0.15) is 0 Å². The summed E-state index contributed by atoms with van der Waals surface area (Å²) in [7, 11) is 0. The first-order valence-electron chi connectivity index (χ1n) is 38.9. The van der Waals surface area contributed by atoms with Crippen LogP contribution in [0.15, 0.2) is 430 Å². The Morgan fingerprint density at radius 3 is 0.931 bits per heavy atom. The number of hydrogen-bond donors (Lipinski definition) is 0. The number of benzene rings is 18. The minimum Gasteiger partial charge on any atom is -0.456 e. The van der Waals surface area contributed by atoms with E-state index in [4.69, 9.17) is 4.42 Å². The molecule has 5 heterocycles. The molecule has 116 heavy (non-hydrogen) atoms. The summed E-state index contributed by atoms with van der Waals surface area (Å²) in [5.41, 5.74) is 29.7. The third-order valence-electron chi connectivity index (χ3n) is 22.6. The van der Waals surface area contributed by atoms with Crippen molar-refractivity contribution in [3.05, 3.63) is 426 Å². The van der Waals surface area contributed by atoms with Gasteiger partial charge in [0.05, 0.1) is 33.1 Å². The first-order valence-corrected chi connectivity index (χ1v) is 42.1. The molecular formula is C108H68Br3N3OS. The fourth-order valence-electron chi connectivity index (χ4n) is 17.0. The van der Waals surface area contributed by atoms with Gasteiger partial charge >= 0.3 is 0 Å². The second kappa shape index (κ2) is 30.0. The average Bonchev–Trinajstić information content (AvgIpc) is 1.59.